The maximum absolute atomic E-state index is 10.3. The number of rotatable bonds is 4. The minimum absolute atomic E-state index is 0.561. The molecule has 0 saturated carbocycles. The van der Waals surface area contributed by atoms with Gasteiger partial charge in [-0.1, -0.05) is 84.9 Å². The van der Waals surface area contributed by atoms with Gasteiger partial charge in [-0.25, -0.2) is 0 Å². The molecule has 0 fully saturated rings. The smallest absolute Gasteiger partial charge is 0.0992 e. The van der Waals surface area contributed by atoms with Gasteiger partial charge >= 0.3 is 0 Å². The van der Waals surface area contributed by atoms with Crippen LogP contribution in [0.2, 0.25) is 0 Å². The second-order valence-electron chi connectivity index (χ2n) is 12.3. The quantitative estimate of drug-likeness (QED) is 0.193. The molecule has 0 radical (unpaired) electrons. The zero-order valence-electron chi connectivity index (χ0n) is 26.7. The monoisotopic (exact) mass is 635 g/mol. The van der Waals surface area contributed by atoms with E-state index in [2.05, 4.69) is 94.1 Å². The Morgan fingerprint density at radius 2 is 0.920 bits per heavy atom. The Bertz CT molecular complexity index is 2920. The van der Waals surface area contributed by atoms with Crippen LogP contribution in [0.5, 0.6) is 0 Å². The highest BCUT2D eigenvalue weighted by atomic mass is 15.0. The molecule has 230 valence electrons. The highest BCUT2D eigenvalue weighted by Crippen LogP contribution is 2.41. The summed E-state index contributed by atoms with van der Waals surface area (Å²) < 4.78 is 4.43. The molecule has 7 aromatic carbocycles. The first-order valence-electron chi connectivity index (χ1n) is 16.3. The lowest BCUT2D eigenvalue weighted by Gasteiger charge is -2.18. The summed E-state index contributed by atoms with van der Waals surface area (Å²) in [4.78, 5) is 0. The van der Waals surface area contributed by atoms with Crippen LogP contribution in [0.4, 0.5) is 0 Å². The molecule has 5 heteroatoms. The number of hydrogen-bond acceptors (Lipinski definition) is 3. The van der Waals surface area contributed by atoms with Crippen molar-refractivity contribution in [3.63, 3.8) is 0 Å². The van der Waals surface area contributed by atoms with Gasteiger partial charge in [0.1, 0.15) is 0 Å². The molecule has 0 amide bonds. The van der Waals surface area contributed by atoms with E-state index in [0.29, 0.717) is 16.7 Å². The third-order valence-electron chi connectivity index (χ3n) is 9.58. The SMILES string of the molecule is N#Cc1cc(-c2ccccc2-c2ccccc2-n2c3ccc(C#N)cc3c3ccc(C#N)cc32)cc(-n2c3ccccc3c3ccccc32)c1. The average molecular weight is 636 g/mol. The van der Waals surface area contributed by atoms with Gasteiger partial charge in [0.2, 0.25) is 0 Å². The van der Waals surface area contributed by atoms with Gasteiger partial charge in [-0.15, -0.1) is 0 Å². The summed E-state index contributed by atoms with van der Waals surface area (Å²) in [5.74, 6) is 0. The van der Waals surface area contributed by atoms with Crippen LogP contribution in [0.1, 0.15) is 16.7 Å². The molecule has 0 saturated heterocycles. The molecule has 0 aliphatic carbocycles. The second-order valence-corrected chi connectivity index (χ2v) is 12.3. The molecule has 2 heterocycles. The van der Waals surface area contributed by atoms with Gasteiger partial charge < -0.3 is 9.13 Å². The third kappa shape index (κ3) is 4.38. The summed E-state index contributed by atoms with van der Waals surface area (Å²) in [5, 5.41) is 34.1. The number of nitriles is 3. The highest BCUT2D eigenvalue weighted by Gasteiger charge is 2.19. The highest BCUT2D eigenvalue weighted by molar-refractivity contribution is 6.11. The summed E-state index contributed by atoms with van der Waals surface area (Å²) in [6.45, 7) is 0. The predicted molar refractivity (Wildman–Crippen MR) is 200 cm³/mol. The Labute approximate surface area is 287 Å². The van der Waals surface area contributed by atoms with Gasteiger partial charge in [0, 0.05) is 32.8 Å². The van der Waals surface area contributed by atoms with E-state index in [-0.39, 0.29) is 0 Å². The second kappa shape index (κ2) is 11.4. The molecule has 50 heavy (non-hydrogen) atoms. The number of fused-ring (bicyclic) bond motifs is 6. The van der Waals surface area contributed by atoms with E-state index in [1.807, 2.05) is 84.9 Å². The predicted octanol–water partition coefficient (Wildman–Crippen LogP) is 10.8. The number of hydrogen-bond donors (Lipinski definition) is 0. The normalized spacial score (nSPS) is 11.1. The van der Waals surface area contributed by atoms with Gasteiger partial charge in [0.15, 0.2) is 0 Å². The Balaban J connectivity index is 1.30. The summed E-state index contributed by atoms with van der Waals surface area (Å²) in [6, 6.07) is 57.9. The van der Waals surface area contributed by atoms with Crippen molar-refractivity contribution in [2.75, 3.05) is 0 Å². The Kier molecular flexibility index (Phi) is 6.56. The number of benzene rings is 7. The third-order valence-corrected chi connectivity index (χ3v) is 9.58. The lowest BCUT2D eigenvalue weighted by atomic mass is 9.92. The molecule has 9 rings (SSSR count). The van der Waals surface area contributed by atoms with Gasteiger partial charge in [-0.2, -0.15) is 15.8 Å². The van der Waals surface area contributed by atoms with Gasteiger partial charge in [-0.3, -0.25) is 0 Å². The Morgan fingerprint density at radius 3 is 1.64 bits per heavy atom. The van der Waals surface area contributed by atoms with Crippen LogP contribution in [0, 0.1) is 34.0 Å². The maximum atomic E-state index is 10.3. The molecule has 0 bridgehead atoms. The maximum Gasteiger partial charge on any atom is 0.0992 e. The van der Waals surface area contributed by atoms with Crippen LogP contribution in [-0.4, -0.2) is 9.13 Å². The first-order valence-corrected chi connectivity index (χ1v) is 16.3. The Morgan fingerprint density at radius 1 is 0.360 bits per heavy atom. The topological polar surface area (TPSA) is 81.2 Å². The van der Waals surface area contributed by atoms with E-state index in [9.17, 15) is 15.8 Å². The van der Waals surface area contributed by atoms with Crippen LogP contribution in [0.15, 0.2) is 152 Å². The lowest BCUT2D eigenvalue weighted by Crippen LogP contribution is -1.99. The summed E-state index contributed by atoms with van der Waals surface area (Å²) >= 11 is 0. The van der Waals surface area contributed by atoms with Crippen LogP contribution in [0.3, 0.4) is 0 Å². The fourth-order valence-corrected chi connectivity index (χ4v) is 7.45. The molecule has 0 spiro atoms. The van der Waals surface area contributed by atoms with Gasteiger partial charge in [0.25, 0.3) is 0 Å². The van der Waals surface area contributed by atoms with E-state index in [0.717, 1.165) is 77.2 Å². The van der Waals surface area contributed by atoms with Crippen LogP contribution in [-0.2, 0) is 0 Å². The fourth-order valence-electron chi connectivity index (χ4n) is 7.45. The zero-order chi connectivity index (χ0) is 33.8. The molecule has 5 nitrogen and oxygen atoms in total. The van der Waals surface area contributed by atoms with Crippen molar-refractivity contribution < 1.29 is 0 Å². The van der Waals surface area contributed by atoms with Crippen molar-refractivity contribution in [2.45, 2.75) is 0 Å². The van der Waals surface area contributed by atoms with E-state index < -0.39 is 0 Å². The van der Waals surface area contributed by atoms with Crippen molar-refractivity contribution >= 4 is 43.6 Å². The first-order chi connectivity index (χ1) is 24.7. The molecular weight excluding hydrogens is 611 g/mol. The lowest BCUT2D eigenvalue weighted by molar-refractivity contribution is 1.18. The number of nitrogens with zero attached hydrogens (tertiary/aromatic N) is 5. The molecule has 0 aliphatic heterocycles. The largest absolute Gasteiger partial charge is 0.309 e. The van der Waals surface area contributed by atoms with Crippen LogP contribution in [0.25, 0.3) is 77.2 Å². The summed E-state index contributed by atoms with van der Waals surface area (Å²) in [6.07, 6.45) is 0. The standard InChI is InChI=1S/C45H25N5/c46-26-29-18-20-44-40(23-29)39-19-17-30(27-47)24-45(39)50(44)43-16-8-3-11-36(43)35-10-2-1-9-34(35)32-21-31(28-48)22-33(25-32)49-41-14-6-4-12-37(41)38-13-5-7-15-42(38)49/h1-25H. The molecule has 0 N–H and O–H groups in total. The minimum Gasteiger partial charge on any atom is -0.309 e. The molecular formula is C45H25N5. The fraction of sp³-hybridized carbons (Fsp3) is 0. The van der Waals surface area contributed by atoms with E-state index in [4.69, 9.17) is 0 Å². The molecule has 0 atom stereocenters. The minimum atomic E-state index is 0.561. The van der Waals surface area contributed by atoms with Crippen molar-refractivity contribution in [1.82, 2.24) is 9.13 Å². The molecule has 9 aromatic rings. The molecule has 0 aliphatic rings. The first kappa shape index (κ1) is 28.8. The van der Waals surface area contributed by atoms with Crippen LogP contribution >= 0.6 is 0 Å². The average Bonchev–Trinajstić information content (AvgIpc) is 3.69. The number of aromatic nitrogens is 2. The summed E-state index contributed by atoms with van der Waals surface area (Å²) in [5.41, 5.74) is 11.5. The van der Waals surface area contributed by atoms with Crippen molar-refractivity contribution in [1.29, 1.82) is 15.8 Å². The Hall–Kier alpha value is -7.39. The van der Waals surface area contributed by atoms with Crippen molar-refractivity contribution in [3.05, 3.63) is 168 Å². The van der Waals surface area contributed by atoms with Crippen LogP contribution < -0.4 is 0 Å². The van der Waals surface area contributed by atoms with Crippen molar-refractivity contribution in [2.24, 2.45) is 0 Å². The van der Waals surface area contributed by atoms with Gasteiger partial charge in [0.05, 0.1) is 62.7 Å². The molecule has 0 unspecified atom stereocenters. The van der Waals surface area contributed by atoms with E-state index in [1.165, 1.54) is 0 Å². The zero-order valence-corrected chi connectivity index (χ0v) is 26.7. The van der Waals surface area contributed by atoms with E-state index in [1.54, 1.807) is 0 Å². The van der Waals surface area contributed by atoms with Crippen molar-refractivity contribution in [3.8, 4) is 51.8 Å². The van der Waals surface area contributed by atoms with Gasteiger partial charge in [-0.05, 0) is 83.4 Å². The molecule has 2 aromatic heterocycles. The summed E-state index contributed by atoms with van der Waals surface area (Å²) in [7, 11) is 0. The van der Waals surface area contributed by atoms with E-state index >= 15 is 0 Å². The number of para-hydroxylation sites is 3.